The Bertz CT molecular complexity index is 622. The van der Waals surface area contributed by atoms with Crippen molar-refractivity contribution in [1.82, 2.24) is 5.32 Å². The number of hydrogen-bond donors (Lipinski definition) is 1. The number of furan rings is 1. The van der Waals surface area contributed by atoms with Gasteiger partial charge in [0.25, 0.3) is 5.91 Å². The van der Waals surface area contributed by atoms with Crippen LogP contribution in [0, 0.1) is 0 Å². The molecule has 2 rings (SSSR count). The number of rotatable bonds is 3. The molecular formula is C13H9ClF3NO2. The zero-order valence-electron chi connectivity index (χ0n) is 10.00. The third-order valence-corrected chi connectivity index (χ3v) is 2.71. The monoisotopic (exact) mass is 303 g/mol. The predicted molar refractivity (Wildman–Crippen MR) is 66.3 cm³/mol. The van der Waals surface area contributed by atoms with Crippen LogP contribution in [0.25, 0.3) is 0 Å². The normalized spacial score (nSPS) is 11.4. The molecule has 2 aromatic rings. The van der Waals surface area contributed by atoms with Gasteiger partial charge in [0.2, 0.25) is 0 Å². The molecule has 20 heavy (non-hydrogen) atoms. The van der Waals surface area contributed by atoms with E-state index in [1.54, 1.807) is 0 Å². The van der Waals surface area contributed by atoms with Crippen LogP contribution < -0.4 is 5.32 Å². The van der Waals surface area contributed by atoms with Gasteiger partial charge in [0.05, 0.1) is 5.56 Å². The fourth-order valence-electron chi connectivity index (χ4n) is 1.56. The summed E-state index contributed by atoms with van der Waals surface area (Å²) in [5, 5.41) is 2.51. The molecule has 1 amide bonds. The Labute approximate surface area is 117 Å². The second kappa shape index (κ2) is 5.58. The summed E-state index contributed by atoms with van der Waals surface area (Å²) in [5.41, 5.74) is -0.420. The van der Waals surface area contributed by atoms with Gasteiger partial charge in [-0.1, -0.05) is 12.1 Å². The van der Waals surface area contributed by atoms with Crippen molar-refractivity contribution in [1.29, 1.82) is 0 Å². The van der Waals surface area contributed by atoms with E-state index in [0.717, 1.165) is 12.1 Å². The molecule has 0 atom stereocenters. The molecule has 1 heterocycles. The van der Waals surface area contributed by atoms with E-state index >= 15 is 0 Å². The first-order valence-electron chi connectivity index (χ1n) is 5.56. The highest BCUT2D eigenvalue weighted by atomic mass is 35.5. The first-order valence-corrected chi connectivity index (χ1v) is 5.94. The smallest absolute Gasteiger partial charge is 0.416 e. The molecule has 0 radical (unpaired) electrons. The van der Waals surface area contributed by atoms with Crippen LogP contribution in [-0.4, -0.2) is 5.91 Å². The highest BCUT2D eigenvalue weighted by Crippen LogP contribution is 2.29. The van der Waals surface area contributed by atoms with Gasteiger partial charge >= 0.3 is 6.18 Å². The van der Waals surface area contributed by atoms with E-state index in [4.69, 9.17) is 16.0 Å². The van der Waals surface area contributed by atoms with Gasteiger partial charge in [-0.05, 0) is 41.4 Å². The zero-order chi connectivity index (χ0) is 14.8. The molecule has 1 aromatic heterocycles. The second-order valence-corrected chi connectivity index (χ2v) is 4.36. The summed E-state index contributed by atoms with van der Waals surface area (Å²) in [6, 6.07) is 7.51. The maximum atomic E-state index is 12.5. The van der Waals surface area contributed by atoms with Crippen molar-refractivity contribution < 1.29 is 22.4 Å². The average Bonchev–Trinajstić information content (AvgIpc) is 2.82. The summed E-state index contributed by atoms with van der Waals surface area (Å²) >= 11 is 5.52. The molecule has 0 fully saturated rings. The molecule has 0 spiro atoms. The van der Waals surface area contributed by atoms with Gasteiger partial charge in [-0.2, -0.15) is 13.2 Å². The molecule has 0 aliphatic heterocycles. The number of carbonyl (C=O) groups excluding carboxylic acids is 1. The molecule has 1 aromatic carbocycles. The van der Waals surface area contributed by atoms with Gasteiger partial charge in [-0.15, -0.1) is 0 Å². The van der Waals surface area contributed by atoms with Crippen LogP contribution in [-0.2, 0) is 12.7 Å². The summed E-state index contributed by atoms with van der Waals surface area (Å²) in [7, 11) is 0. The molecule has 0 saturated carbocycles. The van der Waals surface area contributed by atoms with E-state index < -0.39 is 17.6 Å². The van der Waals surface area contributed by atoms with Crippen molar-refractivity contribution in [2.75, 3.05) is 0 Å². The van der Waals surface area contributed by atoms with E-state index in [0.29, 0.717) is 5.56 Å². The van der Waals surface area contributed by atoms with E-state index in [1.165, 1.54) is 24.3 Å². The van der Waals surface area contributed by atoms with Crippen molar-refractivity contribution in [3.05, 3.63) is 58.5 Å². The molecule has 0 unspecified atom stereocenters. The Morgan fingerprint density at radius 1 is 1.25 bits per heavy atom. The SMILES string of the molecule is O=C(NCc1cccc(C(F)(F)F)c1)c1ccc(Cl)o1. The second-order valence-electron chi connectivity index (χ2n) is 3.98. The highest BCUT2D eigenvalue weighted by molar-refractivity contribution is 6.29. The number of hydrogen-bond acceptors (Lipinski definition) is 2. The fourth-order valence-corrected chi connectivity index (χ4v) is 1.71. The Balaban J connectivity index is 2.02. The summed E-state index contributed by atoms with van der Waals surface area (Å²) < 4.78 is 42.4. The minimum absolute atomic E-state index is 0.00183. The van der Waals surface area contributed by atoms with Crippen molar-refractivity contribution in [2.45, 2.75) is 12.7 Å². The number of alkyl halides is 3. The quantitative estimate of drug-likeness (QED) is 0.935. The molecule has 0 bridgehead atoms. The van der Waals surface area contributed by atoms with Crippen molar-refractivity contribution in [3.8, 4) is 0 Å². The lowest BCUT2D eigenvalue weighted by Gasteiger charge is -2.09. The number of amides is 1. The van der Waals surface area contributed by atoms with Crippen molar-refractivity contribution in [2.24, 2.45) is 0 Å². The third kappa shape index (κ3) is 3.54. The Hall–Kier alpha value is -1.95. The number of benzene rings is 1. The van der Waals surface area contributed by atoms with Crippen LogP contribution >= 0.6 is 11.6 Å². The van der Waals surface area contributed by atoms with Crippen LogP contribution in [0.3, 0.4) is 0 Å². The van der Waals surface area contributed by atoms with Gasteiger partial charge in [-0.3, -0.25) is 4.79 Å². The Kier molecular flexibility index (Phi) is 4.04. The molecule has 0 saturated heterocycles. The van der Waals surface area contributed by atoms with E-state index in [1.807, 2.05) is 0 Å². The predicted octanol–water partition coefficient (Wildman–Crippen LogP) is 3.88. The summed E-state index contributed by atoms with van der Waals surface area (Å²) in [4.78, 5) is 11.6. The van der Waals surface area contributed by atoms with Gasteiger partial charge in [0, 0.05) is 6.54 Å². The van der Waals surface area contributed by atoms with Gasteiger partial charge in [-0.25, -0.2) is 0 Å². The number of carbonyl (C=O) groups is 1. The molecule has 7 heteroatoms. The van der Waals surface area contributed by atoms with Crippen LogP contribution in [0.4, 0.5) is 13.2 Å². The first kappa shape index (κ1) is 14.5. The lowest BCUT2D eigenvalue weighted by atomic mass is 10.1. The van der Waals surface area contributed by atoms with Crippen LogP contribution in [0.15, 0.2) is 40.8 Å². The lowest BCUT2D eigenvalue weighted by molar-refractivity contribution is -0.137. The minimum Gasteiger partial charge on any atom is -0.440 e. The van der Waals surface area contributed by atoms with Crippen LogP contribution in [0.1, 0.15) is 21.7 Å². The largest absolute Gasteiger partial charge is 0.440 e. The van der Waals surface area contributed by atoms with Gasteiger partial charge in [0.15, 0.2) is 11.0 Å². The van der Waals surface area contributed by atoms with E-state index in [-0.39, 0.29) is 17.5 Å². The highest BCUT2D eigenvalue weighted by Gasteiger charge is 2.30. The first-order chi connectivity index (χ1) is 9.36. The standard InChI is InChI=1S/C13H9ClF3NO2/c14-11-5-4-10(20-11)12(19)18-7-8-2-1-3-9(6-8)13(15,16)17/h1-6H,7H2,(H,18,19). The van der Waals surface area contributed by atoms with E-state index in [2.05, 4.69) is 5.32 Å². The zero-order valence-corrected chi connectivity index (χ0v) is 10.8. The summed E-state index contributed by atoms with van der Waals surface area (Å²) in [6.07, 6.45) is -4.41. The summed E-state index contributed by atoms with van der Waals surface area (Å²) in [6.45, 7) is -0.0406. The molecular weight excluding hydrogens is 295 g/mol. The lowest BCUT2D eigenvalue weighted by Crippen LogP contribution is -2.22. The van der Waals surface area contributed by atoms with Crippen molar-refractivity contribution in [3.63, 3.8) is 0 Å². The fraction of sp³-hybridized carbons (Fsp3) is 0.154. The summed E-state index contributed by atoms with van der Waals surface area (Å²) in [5.74, 6) is -0.545. The van der Waals surface area contributed by atoms with Crippen molar-refractivity contribution >= 4 is 17.5 Å². The molecule has 3 nitrogen and oxygen atoms in total. The third-order valence-electron chi connectivity index (χ3n) is 2.50. The molecule has 106 valence electrons. The van der Waals surface area contributed by atoms with Gasteiger partial charge < -0.3 is 9.73 Å². The van der Waals surface area contributed by atoms with Crippen LogP contribution in [0.5, 0.6) is 0 Å². The number of halogens is 4. The minimum atomic E-state index is -4.41. The van der Waals surface area contributed by atoms with E-state index in [9.17, 15) is 18.0 Å². The Morgan fingerprint density at radius 3 is 2.60 bits per heavy atom. The van der Waals surface area contributed by atoms with Crippen LogP contribution in [0.2, 0.25) is 5.22 Å². The maximum Gasteiger partial charge on any atom is 0.416 e. The Morgan fingerprint density at radius 2 is 2.00 bits per heavy atom. The average molecular weight is 304 g/mol. The topological polar surface area (TPSA) is 42.2 Å². The number of nitrogens with one attached hydrogen (secondary N) is 1. The molecule has 1 N–H and O–H groups in total. The molecule has 0 aliphatic rings. The maximum absolute atomic E-state index is 12.5. The van der Waals surface area contributed by atoms with Gasteiger partial charge in [0.1, 0.15) is 0 Å². The molecule has 0 aliphatic carbocycles.